The van der Waals surface area contributed by atoms with Gasteiger partial charge in [0.05, 0.1) is 18.2 Å². The molecule has 0 amide bonds. The van der Waals surface area contributed by atoms with Crippen LogP contribution in [0.1, 0.15) is 0 Å². The van der Waals surface area contributed by atoms with Gasteiger partial charge in [-0.3, -0.25) is 0 Å². The highest BCUT2D eigenvalue weighted by molar-refractivity contribution is 7.03. The van der Waals surface area contributed by atoms with Crippen LogP contribution in [-0.4, -0.2) is 24.7 Å². The van der Waals surface area contributed by atoms with E-state index >= 15 is 0 Å². The molecule has 1 heterocycles. The maximum Gasteiger partial charge on any atom is 0.150 e. The molecule has 1 aromatic rings. The van der Waals surface area contributed by atoms with Gasteiger partial charge in [0.1, 0.15) is 12.4 Å². The van der Waals surface area contributed by atoms with Crippen molar-refractivity contribution in [2.45, 2.75) is 0 Å². The maximum absolute atomic E-state index is 5.21. The molecule has 0 atom stereocenters. The van der Waals surface area contributed by atoms with E-state index < -0.39 is 0 Å². The van der Waals surface area contributed by atoms with Gasteiger partial charge in [0.2, 0.25) is 0 Å². The monoisotopic (exact) mass is 159 g/mol. The van der Waals surface area contributed by atoms with Gasteiger partial charge in [0, 0.05) is 7.11 Å². The van der Waals surface area contributed by atoms with E-state index in [4.69, 9.17) is 9.47 Å². The molecular weight excluding hydrogens is 150 g/mol. The molecule has 0 bridgehead atoms. The molecular formula is C6H9NO2S. The Bertz CT molecular complexity index is 164. The van der Waals surface area contributed by atoms with Crippen LogP contribution in [0.25, 0.3) is 0 Å². The number of rotatable bonds is 4. The summed E-state index contributed by atoms with van der Waals surface area (Å²) >= 11 is 1.38. The van der Waals surface area contributed by atoms with Crippen molar-refractivity contribution in [1.29, 1.82) is 0 Å². The van der Waals surface area contributed by atoms with Gasteiger partial charge in [-0.2, -0.15) is 4.37 Å². The summed E-state index contributed by atoms with van der Waals surface area (Å²) in [6.45, 7) is 1.21. The van der Waals surface area contributed by atoms with Crippen LogP contribution >= 0.6 is 11.5 Å². The van der Waals surface area contributed by atoms with Crippen LogP contribution in [0.4, 0.5) is 0 Å². The average Bonchev–Trinajstić information content (AvgIpc) is 2.41. The van der Waals surface area contributed by atoms with Crippen LogP contribution in [0, 0.1) is 0 Å². The van der Waals surface area contributed by atoms with E-state index in [1.165, 1.54) is 11.5 Å². The fraction of sp³-hybridized carbons (Fsp3) is 0.500. The molecule has 0 saturated carbocycles. The Balaban J connectivity index is 2.15. The number of hydrogen-bond donors (Lipinski definition) is 0. The summed E-state index contributed by atoms with van der Waals surface area (Å²) in [6.07, 6.45) is 1.69. The highest BCUT2D eigenvalue weighted by Gasteiger charge is 1.91. The minimum Gasteiger partial charge on any atom is -0.489 e. The lowest BCUT2D eigenvalue weighted by Crippen LogP contribution is -2.03. The molecule has 0 N–H and O–H groups in total. The van der Waals surface area contributed by atoms with Crippen LogP contribution in [0.5, 0.6) is 5.75 Å². The minimum atomic E-state index is 0.592. The molecule has 0 unspecified atom stereocenters. The summed E-state index contributed by atoms with van der Waals surface area (Å²) in [7, 11) is 1.65. The van der Waals surface area contributed by atoms with Crippen LogP contribution < -0.4 is 4.74 Å². The number of nitrogens with zero attached hydrogens (tertiary/aromatic N) is 1. The van der Waals surface area contributed by atoms with Gasteiger partial charge in [-0.05, 0) is 11.5 Å². The Hall–Kier alpha value is -0.610. The third kappa shape index (κ3) is 2.33. The number of methoxy groups -OCH3 is 1. The third-order valence-electron chi connectivity index (χ3n) is 0.966. The van der Waals surface area contributed by atoms with Crippen molar-refractivity contribution in [2.24, 2.45) is 0 Å². The number of aromatic nitrogens is 1. The van der Waals surface area contributed by atoms with Gasteiger partial charge in [-0.15, -0.1) is 0 Å². The summed E-state index contributed by atoms with van der Waals surface area (Å²) < 4.78 is 13.9. The molecule has 0 aliphatic carbocycles. The first-order valence-electron chi connectivity index (χ1n) is 2.94. The lowest BCUT2D eigenvalue weighted by Gasteiger charge is -1.99. The molecule has 0 saturated heterocycles. The summed E-state index contributed by atoms with van der Waals surface area (Å²) in [5.41, 5.74) is 0. The van der Waals surface area contributed by atoms with Crippen LogP contribution in [0.3, 0.4) is 0 Å². The summed E-state index contributed by atoms with van der Waals surface area (Å²) in [5.74, 6) is 0.821. The van der Waals surface area contributed by atoms with Crippen molar-refractivity contribution in [3.05, 3.63) is 11.6 Å². The van der Waals surface area contributed by atoms with Crippen molar-refractivity contribution < 1.29 is 9.47 Å². The van der Waals surface area contributed by atoms with Crippen molar-refractivity contribution in [2.75, 3.05) is 20.3 Å². The zero-order valence-electron chi connectivity index (χ0n) is 5.74. The van der Waals surface area contributed by atoms with Crippen molar-refractivity contribution in [3.8, 4) is 5.75 Å². The van der Waals surface area contributed by atoms with Gasteiger partial charge >= 0.3 is 0 Å². The van der Waals surface area contributed by atoms with E-state index in [0.29, 0.717) is 13.2 Å². The second-order valence-corrected chi connectivity index (χ2v) is 2.36. The van der Waals surface area contributed by atoms with Crippen molar-refractivity contribution >= 4 is 11.5 Å². The van der Waals surface area contributed by atoms with Gasteiger partial charge in [-0.1, -0.05) is 0 Å². The normalized spacial score (nSPS) is 9.70. The summed E-state index contributed by atoms with van der Waals surface area (Å²) in [5, 5.41) is 1.86. The summed E-state index contributed by atoms with van der Waals surface area (Å²) in [6, 6.07) is 0. The SMILES string of the molecule is COCCOc1cnsc1. The first-order valence-corrected chi connectivity index (χ1v) is 3.78. The Morgan fingerprint density at radius 1 is 1.60 bits per heavy atom. The molecule has 0 aliphatic rings. The van der Waals surface area contributed by atoms with E-state index in [-0.39, 0.29) is 0 Å². The van der Waals surface area contributed by atoms with Crippen LogP contribution in [-0.2, 0) is 4.74 Å². The molecule has 0 aromatic carbocycles. The lowest BCUT2D eigenvalue weighted by atomic mass is 10.6. The van der Waals surface area contributed by atoms with Crippen molar-refractivity contribution in [1.82, 2.24) is 4.37 Å². The number of ether oxygens (including phenoxy) is 2. The lowest BCUT2D eigenvalue weighted by molar-refractivity contribution is 0.146. The fourth-order valence-electron chi connectivity index (χ4n) is 0.509. The minimum absolute atomic E-state index is 0.592. The maximum atomic E-state index is 5.21. The van der Waals surface area contributed by atoms with Gasteiger partial charge < -0.3 is 9.47 Å². The summed E-state index contributed by atoms with van der Waals surface area (Å²) in [4.78, 5) is 0. The first-order chi connectivity index (χ1) is 4.93. The highest BCUT2D eigenvalue weighted by atomic mass is 32.1. The second-order valence-electron chi connectivity index (χ2n) is 1.70. The Kier molecular flexibility index (Phi) is 3.18. The molecule has 0 aliphatic heterocycles. The Labute approximate surface area is 63.8 Å². The first kappa shape index (κ1) is 7.50. The Morgan fingerprint density at radius 3 is 3.10 bits per heavy atom. The topological polar surface area (TPSA) is 31.4 Å². The molecule has 1 rings (SSSR count). The number of hydrogen-bond acceptors (Lipinski definition) is 4. The van der Waals surface area contributed by atoms with Gasteiger partial charge in [0.15, 0.2) is 0 Å². The van der Waals surface area contributed by atoms with E-state index in [1.54, 1.807) is 13.3 Å². The standard InChI is InChI=1S/C6H9NO2S/c1-8-2-3-9-6-4-7-10-5-6/h4-5H,2-3H2,1H3. The van der Waals surface area contributed by atoms with E-state index in [1.807, 2.05) is 5.38 Å². The van der Waals surface area contributed by atoms with Crippen LogP contribution in [0.2, 0.25) is 0 Å². The molecule has 4 heteroatoms. The molecule has 0 radical (unpaired) electrons. The van der Waals surface area contributed by atoms with E-state index in [2.05, 4.69) is 4.37 Å². The van der Waals surface area contributed by atoms with Crippen molar-refractivity contribution in [3.63, 3.8) is 0 Å². The predicted octanol–water partition coefficient (Wildman–Crippen LogP) is 1.17. The molecule has 0 fully saturated rings. The average molecular weight is 159 g/mol. The van der Waals surface area contributed by atoms with Crippen LogP contribution in [0.15, 0.2) is 11.6 Å². The molecule has 0 spiro atoms. The molecule has 10 heavy (non-hydrogen) atoms. The second kappa shape index (κ2) is 4.24. The molecule has 56 valence electrons. The molecule has 3 nitrogen and oxygen atoms in total. The van der Waals surface area contributed by atoms with Gasteiger partial charge in [0.25, 0.3) is 0 Å². The zero-order valence-corrected chi connectivity index (χ0v) is 6.56. The fourth-order valence-corrected chi connectivity index (χ4v) is 0.968. The molecule has 1 aromatic heterocycles. The zero-order chi connectivity index (χ0) is 7.23. The Morgan fingerprint density at radius 2 is 2.50 bits per heavy atom. The van der Waals surface area contributed by atoms with E-state index in [9.17, 15) is 0 Å². The largest absolute Gasteiger partial charge is 0.489 e. The quantitative estimate of drug-likeness (QED) is 0.618. The predicted molar refractivity (Wildman–Crippen MR) is 39.5 cm³/mol. The smallest absolute Gasteiger partial charge is 0.150 e. The van der Waals surface area contributed by atoms with E-state index in [0.717, 1.165) is 5.75 Å². The van der Waals surface area contributed by atoms with Gasteiger partial charge in [-0.25, -0.2) is 0 Å². The third-order valence-corrected chi connectivity index (χ3v) is 1.53. The highest BCUT2D eigenvalue weighted by Crippen LogP contribution is 2.10.